The van der Waals surface area contributed by atoms with Gasteiger partial charge in [0, 0.05) is 0 Å². The number of rotatable bonds is 4. The predicted octanol–water partition coefficient (Wildman–Crippen LogP) is 1.56. The van der Waals surface area contributed by atoms with Gasteiger partial charge in [-0.05, 0) is 30.9 Å². The van der Waals surface area contributed by atoms with Crippen molar-refractivity contribution in [2.75, 3.05) is 26.5 Å². The highest BCUT2D eigenvalue weighted by molar-refractivity contribution is 6.03. The summed E-state index contributed by atoms with van der Waals surface area (Å²) in [6.45, 7) is 0.804. The van der Waals surface area contributed by atoms with Gasteiger partial charge in [-0.15, -0.1) is 0 Å². The first-order valence-corrected chi connectivity index (χ1v) is 8.51. The van der Waals surface area contributed by atoms with Crippen LogP contribution in [0, 0.1) is 23.4 Å². The van der Waals surface area contributed by atoms with Gasteiger partial charge in [0.15, 0.2) is 17.4 Å². The Balaban J connectivity index is 1.20. The Bertz CT molecular complexity index is 778. The molecule has 0 aromatic heterocycles. The summed E-state index contributed by atoms with van der Waals surface area (Å²) >= 11 is 0. The molecule has 1 aromatic carbocycles. The van der Waals surface area contributed by atoms with E-state index < -0.39 is 29.1 Å². The molecule has 3 aliphatic rings. The number of likely N-dealkylation sites (tertiary alicyclic amines) is 1. The fourth-order valence-electron chi connectivity index (χ4n) is 3.37. The zero-order chi connectivity index (χ0) is 19.2. The second-order valence-electron chi connectivity index (χ2n) is 6.97. The standard InChI is InChI=1S/C17H17F3N2O5/c18-11-1-2-12(14(20)13(11)19)26-5-9-3-10(4-9)27-16(24)22-6-17(15(22)23)7-25-8-21-17/h1-2,9-10,21H,3-8H2. The van der Waals surface area contributed by atoms with E-state index in [0.717, 1.165) is 17.0 Å². The molecule has 1 saturated carbocycles. The molecule has 4 rings (SSSR count). The minimum absolute atomic E-state index is 0.0151. The SMILES string of the molecule is O=C(OC1CC(COc2ccc(F)c(F)c2F)C1)N1CC2(COCN2)C1=O. The van der Waals surface area contributed by atoms with E-state index >= 15 is 0 Å². The van der Waals surface area contributed by atoms with Gasteiger partial charge in [0.05, 0.1) is 26.5 Å². The molecule has 0 bridgehead atoms. The monoisotopic (exact) mass is 386 g/mol. The largest absolute Gasteiger partial charge is 0.490 e. The third-order valence-corrected chi connectivity index (χ3v) is 5.10. The van der Waals surface area contributed by atoms with Gasteiger partial charge in [-0.3, -0.25) is 10.1 Å². The maximum Gasteiger partial charge on any atom is 0.416 e. The van der Waals surface area contributed by atoms with Gasteiger partial charge >= 0.3 is 6.09 Å². The number of halogens is 3. The molecule has 2 amide bonds. The van der Waals surface area contributed by atoms with E-state index in [1.165, 1.54) is 0 Å². The number of carbonyl (C=O) groups excluding carboxylic acids is 2. The van der Waals surface area contributed by atoms with Crippen LogP contribution >= 0.6 is 0 Å². The van der Waals surface area contributed by atoms with Crippen LogP contribution in [0.25, 0.3) is 0 Å². The van der Waals surface area contributed by atoms with E-state index in [1.807, 2.05) is 0 Å². The Morgan fingerprint density at radius 2 is 2.07 bits per heavy atom. The number of hydrogen-bond donors (Lipinski definition) is 1. The highest BCUT2D eigenvalue weighted by Gasteiger charge is 2.57. The predicted molar refractivity (Wildman–Crippen MR) is 83.2 cm³/mol. The van der Waals surface area contributed by atoms with E-state index in [1.54, 1.807) is 0 Å². The maximum atomic E-state index is 13.5. The Hall–Kier alpha value is -2.33. The Labute approximate surface area is 152 Å². The molecule has 2 heterocycles. The highest BCUT2D eigenvalue weighted by Crippen LogP contribution is 2.34. The number of hydrogen-bond acceptors (Lipinski definition) is 6. The summed E-state index contributed by atoms with van der Waals surface area (Å²) in [4.78, 5) is 25.2. The molecule has 2 aliphatic heterocycles. The van der Waals surface area contributed by atoms with E-state index in [0.29, 0.717) is 12.8 Å². The lowest BCUT2D eigenvalue weighted by molar-refractivity contribution is -0.150. The average Bonchev–Trinajstić information content (AvgIpc) is 3.12. The minimum Gasteiger partial charge on any atom is -0.490 e. The lowest BCUT2D eigenvalue weighted by Crippen LogP contribution is -2.74. The molecule has 7 nitrogen and oxygen atoms in total. The van der Waals surface area contributed by atoms with Crippen LogP contribution < -0.4 is 10.1 Å². The van der Waals surface area contributed by atoms with Crippen LogP contribution in [0.2, 0.25) is 0 Å². The molecule has 10 heteroatoms. The molecule has 3 fully saturated rings. The van der Waals surface area contributed by atoms with Crippen molar-refractivity contribution in [1.82, 2.24) is 10.2 Å². The van der Waals surface area contributed by atoms with Crippen molar-refractivity contribution in [3.05, 3.63) is 29.6 Å². The molecule has 1 spiro atoms. The van der Waals surface area contributed by atoms with Crippen molar-refractivity contribution >= 4 is 12.0 Å². The molecule has 1 aromatic rings. The van der Waals surface area contributed by atoms with Gasteiger partial charge in [-0.2, -0.15) is 4.39 Å². The Morgan fingerprint density at radius 1 is 1.30 bits per heavy atom. The summed E-state index contributed by atoms with van der Waals surface area (Å²) in [7, 11) is 0. The van der Waals surface area contributed by atoms with E-state index in [4.69, 9.17) is 14.2 Å². The third-order valence-electron chi connectivity index (χ3n) is 5.10. The molecule has 146 valence electrons. The van der Waals surface area contributed by atoms with Crippen molar-refractivity contribution in [3.63, 3.8) is 0 Å². The molecule has 1 N–H and O–H groups in total. The third kappa shape index (κ3) is 3.12. The topological polar surface area (TPSA) is 77.1 Å². The van der Waals surface area contributed by atoms with Crippen LogP contribution in [0.1, 0.15) is 12.8 Å². The van der Waals surface area contributed by atoms with Crippen molar-refractivity contribution in [2.45, 2.75) is 24.5 Å². The van der Waals surface area contributed by atoms with Crippen LogP contribution in [-0.4, -0.2) is 55.0 Å². The number of β-lactam (4-membered cyclic amide) rings is 1. The highest BCUT2D eigenvalue weighted by atomic mass is 19.2. The first kappa shape index (κ1) is 18.1. The van der Waals surface area contributed by atoms with Crippen LogP contribution in [0.5, 0.6) is 5.75 Å². The smallest absolute Gasteiger partial charge is 0.416 e. The van der Waals surface area contributed by atoms with Gasteiger partial charge in [0.1, 0.15) is 11.6 Å². The summed E-state index contributed by atoms with van der Waals surface area (Å²) in [6.07, 6.45) is -0.106. The minimum atomic E-state index is -1.58. The lowest BCUT2D eigenvalue weighted by Gasteiger charge is -2.44. The van der Waals surface area contributed by atoms with E-state index in [9.17, 15) is 22.8 Å². The number of nitrogens with zero attached hydrogens (tertiary/aromatic N) is 1. The Morgan fingerprint density at radius 3 is 2.74 bits per heavy atom. The van der Waals surface area contributed by atoms with Gasteiger partial charge < -0.3 is 14.2 Å². The van der Waals surface area contributed by atoms with Gasteiger partial charge in [0.2, 0.25) is 5.82 Å². The molecule has 1 atom stereocenters. The molecular weight excluding hydrogens is 369 g/mol. The molecule has 0 radical (unpaired) electrons. The Kier molecular flexibility index (Phi) is 4.47. The normalized spacial score (nSPS) is 29.4. The summed E-state index contributed by atoms with van der Waals surface area (Å²) in [5.74, 6) is -4.97. The van der Waals surface area contributed by atoms with E-state index in [-0.39, 0.29) is 50.2 Å². The number of benzene rings is 1. The number of carbonyl (C=O) groups is 2. The molecule has 27 heavy (non-hydrogen) atoms. The number of nitrogens with one attached hydrogen (secondary N) is 1. The molecule has 2 saturated heterocycles. The van der Waals surface area contributed by atoms with Gasteiger partial charge in [0.25, 0.3) is 5.91 Å². The second-order valence-corrected chi connectivity index (χ2v) is 6.97. The van der Waals surface area contributed by atoms with E-state index in [2.05, 4.69) is 5.32 Å². The second kappa shape index (κ2) is 6.68. The van der Waals surface area contributed by atoms with Gasteiger partial charge in [-0.25, -0.2) is 18.5 Å². The number of ether oxygens (including phenoxy) is 3. The van der Waals surface area contributed by atoms with Crippen molar-refractivity contribution in [1.29, 1.82) is 0 Å². The summed E-state index contributed by atoms with van der Waals surface area (Å²) in [6, 6.07) is 1.82. The first-order chi connectivity index (χ1) is 12.9. The van der Waals surface area contributed by atoms with Crippen molar-refractivity contribution < 1.29 is 37.0 Å². The average molecular weight is 386 g/mol. The number of amides is 2. The summed E-state index contributed by atoms with van der Waals surface area (Å²) < 4.78 is 55.1. The molecular formula is C17H17F3N2O5. The zero-order valence-corrected chi connectivity index (χ0v) is 14.2. The van der Waals surface area contributed by atoms with Crippen LogP contribution in [-0.2, 0) is 14.3 Å². The lowest BCUT2D eigenvalue weighted by atomic mass is 9.83. The van der Waals surface area contributed by atoms with Gasteiger partial charge in [-0.1, -0.05) is 0 Å². The quantitative estimate of drug-likeness (QED) is 0.625. The fourth-order valence-corrected chi connectivity index (χ4v) is 3.37. The summed E-state index contributed by atoms with van der Waals surface area (Å²) in [5.41, 5.74) is -0.802. The van der Waals surface area contributed by atoms with Crippen LogP contribution in [0.4, 0.5) is 18.0 Å². The van der Waals surface area contributed by atoms with Crippen LogP contribution in [0.15, 0.2) is 12.1 Å². The summed E-state index contributed by atoms with van der Waals surface area (Å²) in [5, 5.41) is 2.92. The van der Waals surface area contributed by atoms with Crippen molar-refractivity contribution in [3.8, 4) is 5.75 Å². The molecule has 1 unspecified atom stereocenters. The molecule has 1 aliphatic carbocycles. The zero-order valence-electron chi connectivity index (χ0n) is 14.2. The number of imide groups is 1. The van der Waals surface area contributed by atoms with Crippen molar-refractivity contribution in [2.24, 2.45) is 5.92 Å². The van der Waals surface area contributed by atoms with Crippen LogP contribution in [0.3, 0.4) is 0 Å². The first-order valence-electron chi connectivity index (χ1n) is 8.51. The maximum absolute atomic E-state index is 13.5. The fraction of sp³-hybridized carbons (Fsp3) is 0.529.